The SMILES string of the molecule is CC1CC=CC(COc2cc(C3CC(=O)C(C(O)CC4C=CC5CCOc6c(O)ccc4c65)C4(CCC(O)C4Cc4ccc[nH]4)C4=CCNC(=C4)Nc4ccc5cc(O)cc6c5c4C(C=C6)C3)cc(O)c2O)C1. The van der Waals surface area contributed by atoms with Gasteiger partial charge in [-0.25, -0.2) is 0 Å². The molecule has 12 nitrogen and oxygen atoms in total. The number of Topliss-reactive ketones (excluding diaryl/α,β-unsaturated/α-hetero) is 1. The lowest BCUT2D eigenvalue weighted by molar-refractivity contribution is -0.134. The summed E-state index contributed by atoms with van der Waals surface area (Å²) in [6, 6.07) is 18.4. The van der Waals surface area contributed by atoms with Gasteiger partial charge in [0.1, 0.15) is 17.4 Å². The van der Waals surface area contributed by atoms with Crippen LogP contribution < -0.4 is 20.1 Å². The second-order valence-electron chi connectivity index (χ2n) is 22.0. The number of H-pyrrole nitrogens is 1. The summed E-state index contributed by atoms with van der Waals surface area (Å²) in [7, 11) is 0. The van der Waals surface area contributed by atoms with Crippen LogP contribution in [-0.4, -0.2) is 73.4 Å². The number of benzene rings is 4. The molecule has 5 aromatic rings. The Labute approximate surface area is 425 Å². The van der Waals surface area contributed by atoms with E-state index in [0.717, 1.165) is 75.1 Å². The molecule has 7 aliphatic rings. The maximum absolute atomic E-state index is 16.5. The Morgan fingerprint density at radius 2 is 1.82 bits per heavy atom. The molecule has 0 saturated heterocycles. The van der Waals surface area contributed by atoms with Crippen LogP contribution in [-0.2, 0) is 11.2 Å². The normalized spacial score (nSPS) is 29.4. The predicted octanol–water partition coefficient (Wildman–Crippen LogP) is 10.6. The van der Waals surface area contributed by atoms with E-state index < -0.39 is 35.4 Å². The molecule has 9 N–H and O–H groups in total. The van der Waals surface area contributed by atoms with E-state index in [1.54, 1.807) is 30.3 Å². The summed E-state index contributed by atoms with van der Waals surface area (Å²) in [6.45, 7) is 3.43. The van der Waals surface area contributed by atoms with Crippen LogP contribution in [0.2, 0.25) is 0 Å². The number of carbonyl (C=O) groups is 1. The molecule has 11 unspecified atom stereocenters. The number of ether oxygens (including phenoxy) is 2. The smallest absolute Gasteiger partial charge is 0.200 e. The molecule has 11 atom stereocenters. The first-order valence-electron chi connectivity index (χ1n) is 26.4. The Hall–Kier alpha value is -6.89. The Morgan fingerprint density at radius 1 is 0.932 bits per heavy atom. The van der Waals surface area contributed by atoms with Crippen molar-refractivity contribution in [2.75, 3.05) is 25.1 Å². The molecule has 73 heavy (non-hydrogen) atoms. The molecular weight excluding hydrogens is 919 g/mol. The number of dihydropyridines is 1. The molecule has 2 bridgehead atoms. The number of rotatable bonds is 9. The standard InChI is InChI=1S/C61H65N3O9/c1-33-4-2-5-34(22-33)32-73-53-29-41(28-52(70)59(53)71)40-23-37-9-10-38-24-44(65)25-39-11-13-47(57(37)55(38)39)64-54-30-42(16-20-63-54)61(18-15-48(66)46(61)31-43-6-3-19-62-43)58(51(69)27-40)50(68)26-36-8-7-35-17-21-72-60-49(67)14-12-45(36)56(35)60/h2-3,5-14,16,19,24-25,28-30,33-37,40,46,48,50,58,62-68,70-71H,4,15,17-18,20-23,26-27,31-32H2,1H3. The third-order valence-corrected chi connectivity index (χ3v) is 17.5. The van der Waals surface area contributed by atoms with E-state index in [1.165, 1.54) is 0 Å². The molecule has 1 spiro atoms. The molecular formula is C61H65N3O9. The molecule has 1 aromatic heterocycles. The van der Waals surface area contributed by atoms with Crippen molar-refractivity contribution in [3.63, 3.8) is 0 Å². The Morgan fingerprint density at radius 3 is 2.67 bits per heavy atom. The largest absolute Gasteiger partial charge is 0.508 e. The molecule has 0 radical (unpaired) electrons. The van der Waals surface area contributed by atoms with Gasteiger partial charge in [-0.15, -0.1) is 0 Å². The summed E-state index contributed by atoms with van der Waals surface area (Å²) in [5.74, 6) is -1.30. The average Bonchev–Trinajstić information content (AvgIpc) is 4.02. The van der Waals surface area contributed by atoms with Crippen LogP contribution in [0, 0.1) is 29.1 Å². The number of nitrogens with one attached hydrogen (secondary N) is 3. The van der Waals surface area contributed by atoms with Crippen molar-refractivity contribution in [1.82, 2.24) is 10.3 Å². The second kappa shape index (κ2) is 18.9. The fourth-order valence-electron chi connectivity index (χ4n) is 14.2. The maximum Gasteiger partial charge on any atom is 0.200 e. The van der Waals surface area contributed by atoms with Crippen LogP contribution in [0.5, 0.6) is 34.5 Å². The Bertz CT molecular complexity index is 3130. The number of aliphatic hydroxyl groups is 2. The van der Waals surface area contributed by atoms with Crippen LogP contribution in [0.15, 0.2) is 121 Å². The summed E-state index contributed by atoms with van der Waals surface area (Å²) in [4.78, 5) is 19.9. The van der Waals surface area contributed by atoms with Gasteiger partial charge in [0.25, 0.3) is 0 Å². The minimum Gasteiger partial charge on any atom is -0.508 e. The molecule has 3 aliphatic heterocycles. The molecule has 0 amide bonds. The van der Waals surface area contributed by atoms with Gasteiger partial charge >= 0.3 is 0 Å². The summed E-state index contributed by atoms with van der Waals surface area (Å²) >= 11 is 0. The minimum absolute atomic E-state index is 0.0417. The zero-order valence-corrected chi connectivity index (χ0v) is 41.1. The van der Waals surface area contributed by atoms with Gasteiger partial charge in [0.2, 0.25) is 5.75 Å². The van der Waals surface area contributed by atoms with E-state index in [1.807, 2.05) is 42.6 Å². The molecule has 12 heteroatoms. The van der Waals surface area contributed by atoms with Gasteiger partial charge in [0, 0.05) is 71.1 Å². The highest BCUT2D eigenvalue weighted by Crippen LogP contribution is 2.60. The van der Waals surface area contributed by atoms with Gasteiger partial charge in [0.05, 0.1) is 31.3 Å². The van der Waals surface area contributed by atoms with Gasteiger partial charge < -0.3 is 55.7 Å². The fourth-order valence-corrected chi connectivity index (χ4v) is 14.2. The Balaban J connectivity index is 1.03. The molecule has 4 heterocycles. The summed E-state index contributed by atoms with van der Waals surface area (Å²) in [6.07, 6.45) is 21.4. The van der Waals surface area contributed by atoms with Crippen molar-refractivity contribution in [3.8, 4) is 34.5 Å². The molecule has 4 aromatic carbocycles. The minimum atomic E-state index is -1.21. The van der Waals surface area contributed by atoms with Gasteiger partial charge in [-0.2, -0.15) is 0 Å². The number of hydrogen-bond donors (Lipinski definition) is 9. The third-order valence-electron chi connectivity index (χ3n) is 17.5. The number of phenols is 4. The van der Waals surface area contributed by atoms with Crippen molar-refractivity contribution in [2.45, 2.75) is 101 Å². The summed E-state index contributed by atoms with van der Waals surface area (Å²) < 4.78 is 12.5. The summed E-state index contributed by atoms with van der Waals surface area (Å²) in [5.41, 5.74) is 5.94. The quantitative estimate of drug-likeness (QED) is 0.0503. The van der Waals surface area contributed by atoms with Crippen LogP contribution in [0.4, 0.5) is 5.69 Å². The Kier molecular flexibility index (Phi) is 12.2. The number of fused-ring (bicyclic) bond motifs is 2. The number of allylic oxidation sites excluding steroid dienone is 6. The highest BCUT2D eigenvalue weighted by atomic mass is 16.5. The third kappa shape index (κ3) is 8.46. The van der Waals surface area contributed by atoms with E-state index in [4.69, 9.17) is 9.47 Å². The van der Waals surface area contributed by atoms with E-state index in [-0.39, 0.29) is 71.0 Å². The number of aromatic nitrogens is 1. The molecule has 12 rings (SSSR count). The second-order valence-corrected chi connectivity index (χ2v) is 22.0. The van der Waals surface area contributed by atoms with Gasteiger partial charge in [-0.05, 0) is 156 Å². The van der Waals surface area contributed by atoms with Crippen LogP contribution >= 0.6 is 0 Å². The first kappa shape index (κ1) is 47.1. The van der Waals surface area contributed by atoms with Gasteiger partial charge in [-0.3, -0.25) is 4.79 Å². The highest BCUT2D eigenvalue weighted by molar-refractivity contribution is 6.00. The topological polar surface area (TPSA) is 197 Å². The van der Waals surface area contributed by atoms with E-state index >= 15 is 4.79 Å². The van der Waals surface area contributed by atoms with Crippen LogP contribution in [0.25, 0.3) is 16.8 Å². The average molecular weight is 984 g/mol. The van der Waals surface area contributed by atoms with Crippen molar-refractivity contribution < 1.29 is 44.9 Å². The highest BCUT2D eigenvalue weighted by Gasteiger charge is 2.59. The monoisotopic (exact) mass is 983 g/mol. The zero-order chi connectivity index (χ0) is 50.1. The predicted molar refractivity (Wildman–Crippen MR) is 281 cm³/mol. The molecule has 378 valence electrons. The van der Waals surface area contributed by atoms with Crippen LogP contribution in [0.1, 0.15) is 115 Å². The van der Waals surface area contributed by atoms with Crippen molar-refractivity contribution in [3.05, 3.63) is 154 Å². The first-order chi connectivity index (χ1) is 35.4. The summed E-state index contributed by atoms with van der Waals surface area (Å²) in [5, 5.41) is 79.8. The fraction of sp³-hybridized carbons (Fsp3) is 0.393. The van der Waals surface area contributed by atoms with Crippen molar-refractivity contribution >= 4 is 28.3 Å². The molecule has 1 fully saturated rings. The van der Waals surface area contributed by atoms with Gasteiger partial charge in [-0.1, -0.05) is 61.6 Å². The first-order valence-corrected chi connectivity index (χ1v) is 26.4. The number of anilines is 1. The zero-order valence-electron chi connectivity index (χ0n) is 41.1. The number of aliphatic hydroxyl groups excluding tert-OH is 2. The number of aromatic amines is 1. The number of phenolic OH excluding ortho intramolecular Hbond substituents is 4. The van der Waals surface area contributed by atoms with Crippen LogP contribution in [0.3, 0.4) is 0 Å². The maximum atomic E-state index is 16.5. The van der Waals surface area contributed by atoms with Crippen molar-refractivity contribution in [2.24, 2.45) is 29.1 Å². The van der Waals surface area contributed by atoms with Crippen molar-refractivity contribution in [1.29, 1.82) is 0 Å². The number of aromatic hydroxyl groups is 4. The lowest BCUT2D eigenvalue weighted by atomic mass is 9.57. The number of hydrogen-bond acceptors (Lipinski definition) is 11. The lowest BCUT2D eigenvalue weighted by Crippen LogP contribution is -2.50. The van der Waals surface area contributed by atoms with E-state index in [2.05, 4.69) is 65.1 Å². The molecule has 4 aliphatic carbocycles. The lowest BCUT2D eigenvalue weighted by Gasteiger charge is -2.47. The van der Waals surface area contributed by atoms with E-state index in [0.29, 0.717) is 62.7 Å². The number of carbonyl (C=O) groups excluding carboxylic acids is 1. The van der Waals surface area contributed by atoms with E-state index in [9.17, 15) is 30.6 Å². The van der Waals surface area contributed by atoms with Gasteiger partial charge in [0.15, 0.2) is 23.0 Å². The number of ketones is 1. The molecule has 1 saturated carbocycles.